The maximum absolute atomic E-state index is 11.9. The van der Waals surface area contributed by atoms with Gasteiger partial charge in [-0.15, -0.1) is 0 Å². The van der Waals surface area contributed by atoms with Crippen LogP contribution >= 0.6 is 0 Å². The number of hydrogen-bond acceptors (Lipinski definition) is 2. The Hall–Kier alpha value is -2.60. The Balaban J connectivity index is 2.22. The van der Waals surface area contributed by atoms with Crippen molar-refractivity contribution >= 4 is 11.7 Å². The van der Waals surface area contributed by atoms with Crippen LogP contribution in [0.2, 0.25) is 0 Å². The summed E-state index contributed by atoms with van der Waals surface area (Å²) in [7, 11) is 0. The van der Waals surface area contributed by atoms with E-state index in [9.17, 15) is 4.79 Å². The summed E-state index contributed by atoms with van der Waals surface area (Å²) < 4.78 is 5.21. The number of carbonyl (C=O) groups is 1. The van der Waals surface area contributed by atoms with E-state index in [0.29, 0.717) is 11.3 Å². The molecule has 0 saturated heterocycles. The molecule has 2 rings (SSSR count). The number of hydrogen-bond donors (Lipinski definition) is 0. The lowest BCUT2D eigenvalue weighted by molar-refractivity contribution is 0.0736. The predicted octanol–water partition coefficient (Wildman–Crippen LogP) is 3.77. The molecule has 0 N–H and O–H groups in total. The standard InChI is InChI=1S/C15H11NO2/c1-11-7-9-12(10-8-11)15(17)18-14-6-4-3-5-13(14)16-2/h3-10H,1H3. The van der Waals surface area contributed by atoms with Gasteiger partial charge >= 0.3 is 5.97 Å². The third kappa shape index (κ3) is 2.55. The maximum atomic E-state index is 11.9. The molecule has 0 aliphatic rings. The molecule has 0 heterocycles. The smallest absolute Gasteiger partial charge is 0.342 e. The van der Waals surface area contributed by atoms with Gasteiger partial charge in [-0.3, -0.25) is 0 Å². The highest BCUT2D eigenvalue weighted by atomic mass is 16.5. The number of para-hydroxylation sites is 2. The highest BCUT2D eigenvalue weighted by molar-refractivity contribution is 5.91. The van der Waals surface area contributed by atoms with Gasteiger partial charge in [-0.2, -0.15) is 0 Å². The number of carbonyl (C=O) groups excluding carboxylic acids is 1. The van der Waals surface area contributed by atoms with Crippen LogP contribution in [0.15, 0.2) is 48.5 Å². The number of esters is 1. The van der Waals surface area contributed by atoms with E-state index in [1.807, 2.05) is 19.1 Å². The molecular weight excluding hydrogens is 226 g/mol. The Morgan fingerprint density at radius 3 is 2.44 bits per heavy atom. The van der Waals surface area contributed by atoms with Gasteiger partial charge in [0.25, 0.3) is 0 Å². The second-order valence-corrected chi connectivity index (χ2v) is 3.84. The Morgan fingerprint density at radius 1 is 1.11 bits per heavy atom. The summed E-state index contributed by atoms with van der Waals surface area (Å²) in [6, 6.07) is 13.8. The fourth-order valence-electron chi connectivity index (χ4n) is 1.48. The maximum Gasteiger partial charge on any atom is 0.342 e. The summed E-state index contributed by atoms with van der Waals surface area (Å²) in [6.45, 7) is 8.94. The first kappa shape index (κ1) is 11.9. The van der Waals surface area contributed by atoms with Crippen LogP contribution in [-0.2, 0) is 0 Å². The topological polar surface area (TPSA) is 30.7 Å². The highest BCUT2D eigenvalue weighted by Gasteiger charge is 2.10. The first-order valence-corrected chi connectivity index (χ1v) is 5.46. The Bertz CT molecular complexity index is 609. The molecule has 0 radical (unpaired) electrons. The number of aryl methyl sites for hydroxylation is 1. The van der Waals surface area contributed by atoms with E-state index in [4.69, 9.17) is 11.3 Å². The zero-order chi connectivity index (χ0) is 13.0. The van der Waals surface area contributed by atoms with Crippen LogP contribution in [0.4, 0.5) is 5.69 Å². The number of rotatable bonds is 2. The van der Waals surface area contributed by atoms with Gasteiger partial charge in [0, 0.05) is 0 Å². The zero-order valence-corrected chi connectivity index (χ0v) is 9.88. The predicted molar refractivity (Wildman–Crippen MR) is 68.8 cm³/mol. The van der Waals surface area contributed by atoms with Crippen molar-refractivity contribution in [2.45, 2.75) is 6.92 Å². The fourth-order valence-corrected chi connectivity index (χ4v) is 1.48. The molecule has 3 heteroatoms. The van der Waals surface area contributed by atoms with Gasteiger partial charge in [-0.05, 0) is 25.1 Å². The van der Waals surface area contributed by atoms with E-state index in [2.05, 4.69) is 4.85 Å². The van der Waals surface area contributed by atoms with Crippen molar-refractivity contribution in [3.05, 3.63) is 71.1 Å². The van der Waals surface area contributed by atoms with Gasteiger partial charge < -0.3 is 4.74 Å². The molecule has 0 unspecified atom stereocenters. The Kier molecular flexibility index (Phi) is 3.40. The average molecular weight is 237 g/mol. The Morgan fingerprint density at radius 2 is 1.78 bits per heavy atom. The monoisotopic (exact) mass is 237 g/mol. The van der Waals surface area contributed by atoms with Gasteiger partial charge in [0.05, 0.1) is 12.1 Å². The molecule has 0 fully saturated rings. The summed E-state index contributed by atoms with van der Waals surface area (Å²) in [5, 5.41) is 0. The molecule has 18 heavy (non-hydrogen) atoms. The minimum atomic E-state index is -0.453. The number of benzene rings is 2. The SMILES string of the molecule is [C-]#[N+]c1ccccc1OC(=O)c1ccc(C)cc1. The average Bonchev–Trinajstić information content (AvgIpc) is 2.40. The van der Waals surface area contributed by atoms with Crippen LogP contribution < -0.4 is 4.74 Å². The summed E-state index contributed by atoms with van der Waals surface area (Å²) in [6.07, 6.45) is 0. The van der Waals surface area contributed by atoms with E-state index in [-0.39, 0.29) is 5.75 Å². The van der Waals surface area contributed by atoms with Crippen LogP contribution in [0.5, 0.6) is 5.75 Å². The zero-order valence-electron chi connectivity index (χ0n) is 9.88. The van der Waals surface area contributed by atoms with Crippen LogP contribution in [0, 0.1) is 13.5 Å². The minimum absolute atomic E-state index is 0.290. The van der Waals surface area contributed by atoms with Gasteiger partial charge in [-0.1, -0.05) is 35.9 Å². The van der Waals surface area contributed by atoms with Crippen LogP contribution in [-0.4, -0.2) is 5.97 Å². The van der Waals surface area contributed by atoms with Crippen molar-refractivity contribution < 1.29 is 9.53 Å². The summed E-state index contributed by atoms with van der Waals surface area (Å²) >= 11 is 0. The largest absolute Gasteiger partial charge is 0.435 e. The van der Waals surface area contributed by atoms with Gasteiger partial charge in [0.2, 0.25) is 5.69 Å². The minimum Gasteiger partial charge on any atom is -0.435 e. The molecule has 0 bridgehead atoms. The van der Waals surface area contributed by atoms with Crippen molar-refractivity contribution in [2.75, 3.05) is 0 Å². The van der Waals surface area contributed by atoms with E-state index < -0.39 is 5.97 Å². The van der Waals surface area contributed by atoms with Crippen molar-refractivity contribution in [3.8, 4) is 5.75 Å². The van der Waals surface area contributed by atoms with Crippen molar-refractivity contribution in [1.29, 1.82) is 0 Å². The lowest BCUT2D eigenvalue weighted by Crippen LogP contribution is -2.08. The number of ether oxygens (including phenoxy) is 1. The second kappa shape index (κ2) is 5.15. The molecule has 0 aliphatic carbocycles. The molecule has 2 aromatic rings. The van der Waals surface area contributed by atoms with Crippen LogP contribution in [0.25, 0.3) is 4.85 Å². The molecule has 3 nitrogen and oxygen atoms in total. The lowest BCUT2D eigenvalue weighted by Gasteiger charge is -2.06. The first-order valence-electron chi connectivity index (χ1n) is 5.46. The lowest BCUT2D eigenvalue weighted by atomic mass is 10.1. The van der Waals surface area contributed by atoms with Crippen LogP contribution in [0.3, 0.4) is 0 Å². The van der Waals surface area contributed by atoms with Crippen molar-refractivity contribution in [1.82, 2.24) is 0 Å². The van der Waals surface area contributed by atoms with E-state index >= 15 is 0 Å². The third-order valence-corrected chi connectivity index (χ3v) is 2.48. The molecular formula is C15H11NO2. The Labute approximate surface area is 105 Å². The van der Waals surface area contributed by atoms with Crippen LogP contribution in [0.1, 0.15) is 15.9 Å². The molecule has 2 aromatic carbocycles. The summed E-state index contributed by atoms with van der Waals surface area (Å²) in [4.78, 5) is 15.2. The molecule has 88 valence electrons. The molecule has 0 spiro atoms. The third-order valence-electron chi connectivity index (χ3n) is 2.48. The second-order valence-electron chi connectivity index (χ2n) is 3.84. The molecule has 0 amide bonds. The van der Waals surface area contributed by atoms with E-state index in [0.717, 1.165) is 5.56 Å². The van der Waals surface area contributed by atoms with Crippen molar-refractivity contribution in [2.24, 2.45) is 0 Å². The van der Waals surface area contributed by atoms with Gasteiger partial charge in [-0.25, -0.2) is 9.64 Å². The molecule has 0 aliphatic heterocycles. The van der Waals surface area contributed by atoms with Gasteiger partial charge in [0.1, 0.15) is 5.75 Å². The molecule has 0 atom stereocenters. The normalized spacial score (nSPS) is 9.56. The summed E-state index contributed by atoms with van der Waals surface area (Å²) in [5.41, 5.74) is 1.88. The molecule has 0 aromatic heterocycles. The fraction of sp³-hybridized carbons (Fsp3) is 0.0667. The highest BCUT2D eigenvalue weighted by Crippen LogP contribution is 2.27. The van der Waals surface area contributed by atoms with E-state index in [1.54, 1.807) is 36.4 Å². The first-order chi connectivity index (χ1) is 8.70. The summed E-state index contributed by atoms with van der Waals surface area (Å²) in [5.74, 6) is -0.163. The number of nitrogens with zero attached hydrogens (tertiary/aromatic N) is 1. The quantitative estimate of drug-likeness (QED) is 0.452. The van der Waals surface area contributed by atoms with Gasteiger partial charge in [0.15, 0.2) is 0 Å². The van der Waals surface area contributed by atoms with E-state index in [1.165, 1.54) is 0 Å². The molecule has 0 saturated carbocycles. The van der Waals surface area contributed by atoms with Crippen molar-refractivity contribution in [3.63, 3.8) is 0 Å².